The van der Waals surface area contributed by atoms with Gasteiger partial charge in [-0.15, -0.1) is 11.3 Å². The van der Waals surface area contributed by atoms with Crippen LogP contribution in [0.2, 0.25) is 0 Å². The van der Waals surface area contributed by atoms with Crippen molar-refractivity contribution in [1.82, 2.24) is 14.6 Å². The predicted octanol–water partition coefficient (Wildman–Crippen LogP) is 1.77. The number of aromatic hydroxyl groups is 1. The first-order chi connectivity index (χ1) is 8.16. The van der Waals surface area contributed by atoms with Crippen LogP contribution >= 0.6 is 11.3 Å². The van der Waals surface area contributed by atoms with Crippen molar-refractivity contribution in [3.8, 4) is 16.5 Å². The fourth-order valence-electron chi connectivity index (χ4n) is 1.65. The van der Waals surface area contributed by atoms with E-state index in [0.717, 1.165) is 10.6 Å². The maximum Gasteiger partial charge on any atom is 0.257 e. The number of aromatic nitrogens is 3. The van der Waals surface area contributed by atoms with Crippen LogP contribution in [0.25, 0.3) is 16.2 Å². The summed E-state index contributed by atoms with van der Waals surface area (Å²) in [4.78, 5) is 15.2. The molecule has 0 aliphatic rings. The molecule has 86 valence electrons. The van der Waals surface area contributed by atoms with Crippen molar-refractivity contribution in [2.45, 2.75) is 6.92 Å². The molecule has 0 saturated heterocycles. The van der Waals surface area contributed by atoms with Gasteiger partial charge in [0.2, 0.25) is 5.88 Å². The van der Waals surface area contributed by atoms with Gasteiger partial charge in [-0.3, -0.25) is 4.79 Å². The third-order valence-corrected chi connectivity index (χ3v) is 3.49. The Kier molecular flexibility index (Phi) is 2.05. The summed E-state index contributed by atoms with van der Waals surface area (Å²) in [6.45, 7) is 1.56. The zero-order chi connectivity index (χ0) is 12.0. The molecular formula is C11H9N3O2S. The van der Waals surface area contributed by atoms with E-state index in [-0.39, 0.29) is 17.0 Å². The standard InChI is InChI=1S/C11H9N3O2S/c1-6-10(15)12-9-5-7(8-3-2-4-17-8)13-14(9)11(6)16/h2-5,16H,1H3,(H,12,15). The van der Waals surface area contributed by atoms with E-state index in [0.29, 0.717) is 5.65 Å². The molecule has 0 saturated carbocycles. The van der Waals surface area contributed by atoms with Crippen LogP contribution in [0.5, 0.6) is 5.88 Å². The minimum atomic E-state index is -0.298. The molecule has 0 fully saturated rings. The largest absolute Gasteiger partial charge is 0.493 e. The van der Waals surface area contributed by atoms with E-state index < -0.39 is 0 Å². The number of nitrogens with one attached hydrogen (secondary N) is 1. The summed E-state index contributed by atoms with van der Waals surface area (Å²) in [5.74, 6) is -0.119. The Morgan fingerprint density at radius 1 is 1.53 bits per heavy atom. The number of hydrogen-bond acceptors (Lipinski definition) is 4. The van der Waals surface area contributed by atoms with E-state index in [1.165, 1.54) is 4.52 Å². The second-order valence-electron chi connectivity index (χ2n) is 3.71. The van der Waals surface area contributed by atoms with Crippen molar-refractivity contribution in [3.63, 3.8) is 0 Å². The highest BCUT2D eigenvalue weighted by atomic mass is 32.1. The van der Waals surface area contributed by atoms with Crippen LogP contribution in [0.15, 0.2) is 28.4 Å². The normalized spacial score (nSPS) is 11.1. The third-order valence-electron chi connectivity index (χ3n) is 2.60. The number of nitrogens with zero attached hydrogens (tertiary/aromatic N) is 2. The van der Waals surface area contributed by atoms with Gasteiger partial charge in [0.25, 0.3) is 5.56 Å². The third kappa shape index (κ3) is 1.45. The van der Waals surface area contributed by atoms with Gasteiger partial charge in [0, 0.05) is 6.07 Å². The molecule has 0 spiro atoms. The molecule has 3 heterocycles. The van der Waals surface area contributed by atoms with E-state index in [4.69, 9.17) is 0 Å². The Hall–Kier alpha value is -2.08. The van der Waals surface area contributed by atoms with Gasteiger partial charge in [-0.2, -0.15) is 9.61 Å². The summed E-state index contributed by atoms with van der Waals surface area (Å²) in [5.41, 5.74) is 1.18. The highest BCUT2D eigenvalue weighted by Crippen LogP contribution is 2.25. The lowest BCUT2D eigenvalue weighted by atomic mass is 10.3. The van der Waals surface area contributed by atoms with Crippen molar-refractivity contribution < 1.29 is 5.11 Å². The number of hydrogen-bond donors (Lipinski definition) is 2. The molecule has 3 rings (SSSR count). The topological polar surface area (TPSA) is 70.4 Å². The summed E-state index contributed by atoms with van der Waals surface area (Å²) in [5, 5.41) is 16.0. The lowest BCUT2D eigenvalue weighted by molar-refractivity contribution is 0.430. The smallest absolute Gasteiger partial charge is 0.257 e. The Morgan fingerprint density at radius 2 is 2.35 bits per heavy atom. The average molecular weight is 247 g/mol. The maximum absolute atomic E-state index is 11.5. The highest BCUT2D eigenvalue weighted by Gasteiger charge is 2.12. The van der Waals surface area contributed by atoms with Gasteiger partial charge in [0.05, 0.1) is 10.4 Å². The van der Waals surface area contributed by atoms with Crippen molar-refractivity contribution in [1.29, 1.82) is 0 Å². The minimum Gasteiger partial charge on any atom is -0.493 e. The number of H-pyrrole nitrogens is 1. The first-order valence-electron chi connectivity index (χ1n) is 5.02. The molecule has 0 aliphatic heterocycles. The van der Waals surface area contributed by atoms with Crippen LogP contribution in [0.1, 0.15) is 5.56 Å². The van der Waals surface area contributed by atoms with E-state index in [1.807, 2.05) is 17.5 Å². The van der Waals surface area contributed by atoms with Crippen LogP contribution in [-0.4, -0.2) is 19.7 Å². The molecule has 2 N–H and O–H groups in total. The van der Waals surface area contributed by atoms with Gasteiger partial charge >= 0.3 is 0 Å². The van der Waals surface area contributed by atoms with Gasteiger partial charge in [-0.05, 0) is 18.4 Å². The fraction of sp³-hybridized carbons (Fsp3) is 0.0909. The lowest BCUT2D eigenvalue weighted by Gasteiger charge is -1.99. The molecular weight excluding hydrogens is 238 g/mol. The van der Waals surface area contributed by atoms with Crippen molar-refractivity contribution >= 4 is 17.0 Å². The Labute approximate surface area is 100.0 Å². The van der Waals surface area contributed by atoms with Gasteiger partial charge < -0.3 is 10.1 Å². The van der Waals surface area contributed by atoms with Crippen molar-refractivity contribution in [2.24, 2.45) is 0 Å². The van der Waals surface area contributed by atoms with E-state index in [1.54, 1.807) is 24.3 Å². The first-order valence-corrected chi connectivity index (χ1v) is 5.90. The molecule has 17 heavy (non-hydrogen) atoms. The molecule has 0 aliphatic carbocycles. The van der Waals surface area contributed by atoms with Gasteiger partial charge in [0.1, 0.15) is 11.3 Å². The SMILES string of the molecule is Cc1c(O)n2nc(-c3cccs3)cc2[nH]c1=O. The number of fused-ring (bicyclic) bond motifs is 1. The summed E-state index contributed by atoms with van der Waals surface area (Å²) >= 11 is 1.56. The Morgan fingerprint density at radius 3 is 3.06 bits per heavy atom. The Bertz CT molecular complexity index is 740. The van der Waals surface area contributed by atoms with E-state index >= 15 is 0 Å². The van der Waals surface area contributed by atoms with Crippen LogP contribution in [-0.2, 0) is 0 Å². The molecule has 0 radical (unpaired) electrons. The van der Waals surface area contributed by atoms with Crippen molar-refractivity contribution in [3.05, 3.63) is 39.5 Å². The maximum atomic E-state index is 11.5. The molecule has 3 aromatic rings. The minimum absolute atomic E-state index is 0.119. The second-order valence-corrected chi connectivity index (χ2v) is 4.65. The summed E-state index contributed by atoms with van der Waals surface area (Å²) in [7, 11) is 0. The number of thiophene rings is 1. The number of rotatable bonds is 1. The van der Waals surface area contributed by atoms with E-state index in [9.17, 15) is 9.90 Å². The molecule has 5 nitrogen and oxygen atoms in total. The monoisotopic (exact) mass is 247 g/mol. The van der Waals surface area contributed by atoms with Crippen LogP contribution in [0.4, 0.5) is 0 Å². The van der Waals surface area contributed by atoms with Crippen LogP contribution in [0.3, 0.4) is 0 Å². The first kappa shape index (κ1) is 10.1. The zero-order valence-corrected chi connectivity index (χ0v) is 9.78. The summed E-state index contributed by atoms with van der Waals surface area (Å²) in [6, 6.07) is 5.61. The van der Waals surface area contributed by atoms with Gasteiger partial charge in [-0.1, -0.05) is 6.07 Å². The van der Waals surface area contributed by atoms with Crippen LogP contribution < -0.4 is 5.56 Å². The van der Waals surface area contributed by atoms with Gasteiger partial charge in [0.15, 0.2) is 0 Å². The van der Waals surface area contributed by atoms with Crippen LogP contribution in [0, 0.1) is 6.92 Å². The Balaban J connectivity index is 2.34. The van der Waals surface area contributed by atoms with Crippen molar-refractivity contribution in [2.75, 3.05) is 0 Å². The number of aromatic amines is 1. The highest BCUT2D eigenvalue weighted by molar-refractivity contribution is 7.13. The molecule has 0 unspecified atom stereocenters. The van der Waals surface area contributed by atoms with Gasteiger partial charge in [-0.25, -0.2) is 0 Å². The average Bonchev–Trinajstić information content (AvgIpc) is 2.93. The quantitative estimate of drug-likeness (QED) is 0.688. The summed E-state index contributed by atoms with van der Waals surface area (Å²) in [6.07, 6.45) is 0. The summed E-state index contributed by atoms with van der Waals surface area (Å²) < 4.78 is 1.34. The lowest BCUT2D eigenvalue weighted by Crippen LogP contribution is -2.12. The van der Waals surface area contributed by atoms with E-state index in [2.05, 4.69) is 10.1 Å². The molecule has 3 aromatic heterocycles. The second kappa shape index (κ2) is 3.46. The molecule has 0 atom stereocenters. The predicted molar refractivity (Wildman–Crippen MR) is 65.5 cm³/mol. The molecule has 0 amide bonds. The molecule has 0 bridgehead atoms. The zero-order valence-electron chi connectivity index (χ0n) is 8.97. The molecule has 0 aromatic carbocycles. The molecule has 6 heteroatoms. The fourth-order valence-corrected chi connectivity index (χ4v) is 2.33.